The van der Waals surface area contributed by atoms with Gasteiger partial charge in [-0.2, -0.15) is 5.10 Å². The zero-order chi connectivity index (χ0) is 18.2. The number of nitrogens with one attached hydrogen (secondary N) is 1. The van der Waals surface area contributed by atoms with Crippen molar-refractivity contribution in [3.05, 3.63) is 81.7 Å². The van der Waals surface area contributed by atoms with Crippen molar-refractivity contribution in [2.24, 2.45) is 5.10 Å². The molecule has 0 fully saturated rings. The number of non-ortho nitro benzene ring substituents is 1. The molecule has 0 radical (unpaired) electrons. The van der Waals surface area contributed by atoms with Gasteiger partial charge in [-0.05, 0) is 24.6 Å². The molecular formula is C18H16FN3O3. The Morgan fingerprint density at radius 2 is 1.92 bits per heavy atom. The number of nitrogens with zero attached hydrogens (tertiary/aromatic N) is 2. The van der Waals surface area contributed by atoms with Crippen LogP contribution in [0.4, 0.5) is 10.1 Å². The van der Waals surface area contributed by atoms with Crippen LogP contribution in [0, 0.1) is 15.9 Å². The maximum absolute atomic E-state index is 13.5. The van der Waals surface area contributed by atoms with Crippen molar-refractivity contribution in [3.8, 4) is 0 Å². The van der Waals surface area contributed by atoms with Crippen molar-refractivity contribution in [1.29, 1.82) is 0 Å². The third kappa shape index (κ3) is 5.65. The highest BCUT2D eigenvalue weighted by molar-refractivity contribution is 5.97. The van der Waals surface area contributed by atoms with Crippen LogP contribution in [0.25, 0.3) is 6.08 Å². The van der Waals surface area contributed by atoms with Crippen molar-refractivity contribution >= 4 is 23.4 Å². The highest BCUT2D eigenvalue weighted by atomic mass is 19.1. The first-order valence-corrected chi connectivity index (χ1v) is 7.45. The van der Waals surface area contributed by atoms with E-state index in [9.17, 15) is 19.3 Å². The van der Waals surface area contributed by atoms with Gasteiger partial charge in [-0.3, -0.25) is 14.9 Å². The lowest BCUT2D eigenvalue weighted by atomic mass is 10.1. The van der Waals surface area contributed by atoms with Gasteiger partial charge in [0.1, 0.15) is 5.82 Å². The van der Waals surface area contributed by atoms with Crippen molar-refractivity contribution in [1.82, 2.24) is 5.43 Å². The highest BCUT2D eigenvalue weighted by Crippen LogP contribution is 2.12. The molecule has 2 aromatic carbocycles. The number of allylic oxidation sites excluding steroid dienone is 1. The summed E-state index contributed by atoms with van der Waals surface area (Å²) >= 11 is 0. The minimum absolute atomic E-state index is 0.0312. The van der Waals surface area contributed by atoms with Crippen LogP contribution in [0.5, 0.6) is 0 Å². The van der Waals surface area contributed by atoms with Gasteiger partial charge in [-0.25, -0.2) is 9.82 Å². The van der Waals surface area contributed by atoms with Crippen molar-refractivity contribution in [3.63, 3.8) is 0 Å². The lowest BCUT2D eigenvalue weighted by Crippen LogP contribution is -2.20. The van der Waals surface area contributed by atoms with E-state index in [0.717, 1.165) is 0 Å². The van der Waals surface area contributed by atoms with E-state index in [0.29, 0.717) is 16.8 Å². The average Bonchev–Trinajstić information content (AvgIpc) is 2.59. The van der Waals surface area contributed by atoms with E-state index in [2.05, 4.69) is 10.5 Å². The number of carbonyl (C=O) groups excluding carboxylic acids is 1. The molecule has 0 aromatic heterocycles. The van der Waals surface area contributed by atoms with E-state index in [4.69, 9.17) is 0 Å². The van der Waals surface area contributed by atoms with E-state index >= 15 is 0 Å². The maximum Gasteiger partial charge on any atom is 0.269 e. The van der Waals surface area contributed by atoms with Crippen LogP contribution < -0.4 is 5.43 Å². The first-order chi connectivity index (χ1) is 12.0. The van der Waals surface area contributed by atoms with Crippen molar-refractivity contribution in [2.75, 3.05) is 0 Å². The molecule has 0 unspecified atom stereocenters. The number of rotatable bonds is 6. The monoisotopic (exact) mass is 341 g/mol. The standard InChI is InChI=1S/C18H16FN3O3/c1-13(6-9-15-4-2-3-5-17(15)19)20-21-18(23)12-14-7-10-16(11-8-14)22(24)25/h2-11H,12H2,1H3,(H,21,23). The summed E-state index contributed by atoms with van der Waals surface area (Å²) in [5.41, 5.74) is 3.92. The Labute approximate surface area is 143 Å². The number of hydrogen-bond donors (Lipinski definition) is 1. The van der Waals surface area contributed by atoms with Crippen LogP contribution in [0.2, 0.25) is 0 Å². The molecule has 0 saturated carbocycles. The van der Waals surface area contributed by atoms with Crippen LogP contribution in [0.15, 0.2) is 59.7 Å². The molecule has 0 bridgehead atoms. The van der Waals surface area contributed by atoms with Crippen LogP contribution in [0.3, 0.4) is 0 Å². The molecule has 1 amide bonds. The first kappa shape index (κ1) is 18.0. The zero-order valence-electron chi connectivity index (χ0n) is 13.5. The molecule has 2 aromatic rings. The topological polar surface area (TPSA) is 84.6 Å². The van der Waals surface area contributed by atoms with Crippen LogP contribution in [-0.4, -0.2) is 16.5 Å². The smallest absolute Gasteiger partial charge is 0.269 e. The predicted octanol–water partition coefficient (Wildman–Crippen LogP) is 3.48. The Bertz CT molecular complexity index is 830. The number of benzene rings is 2. The molecule has 128 valence electrons. The molecular weight excluding hydrogens is 325 g/mol. The normalized spacial score (nSPS) is 11.5. The molecule has 0 aliphatic rings. The van der Waals surface area contributed by atoms with Gasteiger partial charge in [-0.15, -0.1) is 0 Å². The van der Waals surface area contributed by atoms with Gasteiger partial charge < -0.3 is 0 Å². The number of carbonyl (C=O) groups is 1. The second-order valence-electron chi connectivity index (χ2n) is 5.24. The number of halogens is 1. The molecule has 6 nitrogen and oxygen atoms in total. The van der Waals surface area contributed by atoms with Crippen LogP contribution in [0.1, 0.15) is 18.1 Å². The summed E-state index contributed by atoms with van der Waals surface area (Å²) in [4.78, 5) is 21.9. The molecule has 0 saturated heterocycles. The van der Waals surface area contributed by atoms with Gasteiger partial charge in [-0.1, -0.05) is 36.4 Å². The Hall–Kier alpha value is -3.35. The van der Waals surface area contributed by atoms with Gasteiger partial charge in [0.2, 0.25) is 5.91 Å². The fourth-order valence-electron chi connectivity index (χ4n) is 1.97. The van der Waals surface area contributed by atoms with Gasteiger partial charge in [0.25, 0.3) is 5.69 Å². The van der Waals surface area contributed by atoms with Crippen molar-refractivity contribution in [2.45, 2.75) is 13.3 Å². The number of nitro groups is 1. The molecule has 2 rings (SSSR count). The van der Waals surface area contributed by atoms with Crippen LogP contribution >= 0.6 is 0 Å². The second-order valence-corrected chi connectivity index (χ2v) is 5.24. The zero-order valence-corrected chi connectivity index (χ0v) is 13.5. The fourth-order valence-corrected chi connectivity index (χ4v) is 1.97. The van der Waals surface area contributed by atoms with Gasteiger partial charge in [0.05, 0.1) is 17.1 Å². The number of hydrazone groups is 1. The molecule has 0 aliphatic heterocycles. The summed E-state index contributed by atoms with van der Waals surface area (Å²) in [6.07, 6.45) is 3.20. The number of hydrogen-bond acceptors (Lipinski definition) is 4. The largest absolute Gasteiger partial charge is 0.273 e. The number of nitro benzene ring substituents is 1. The summed E-state index contributed by atoms with van der Waals surface area (Å²) in [6, 6.07) is 12.0. The minimum Gasteiger partial charge on any atom is -0.273 e. The van der Waals surface area contributed by atoms with Crippen molar-refractivity contribution < 1.29 is 14.1 Å². The molecule has 1 N–H and O–H groups in total. The molecule has 7 heteroatoms. The van der Waals surface area contributed by atoms with E-state index in [1.54, 1.807) is 37.3 Å². The summed E-state index contributed by atoms with van der Waals surface area (Å²) < 4.78 is 13.5. The Kier molecular flexibility index (Phi) is 6.11. The van der Waals surface area contributed by atoms with E-state index in [1.807, 2.05) is 0 Å². The average molecular weight is 341 g/mol. The maximum atomic E-state index is 13.5. The van der Waals surface area contributed by atoms with Gasteiger partial charge in [0, 0.05) is 17.7 Å². The second kappa shape index (κ2) is 8.49. The first-order valence-electron chi connectivity index (χ1n) is 7.45. The summed E-state index contributed by atoms with van der Waals surface area (Å²) in [5.74, 6) is -0.693. The van der Waals surface area contributed by atoms with Gasteiger partial charge in [0.15, 0.2) is 0 Å². The van der Waals surface area contributed by atoms with Gasteiger partial charge >= 0.3 is 0 Å². The molecule has 0 aliphatic carbocycles. The molecule has 25 heavy (non-hydrogen) atoms. The third-order valence-corrected chi connectivity index (χ3v) is 3.28. The third-order valence-electron chi connectivity index (χ3n) is 3.28. The predicted molar refractivity (Wildman–Crippen MR) is 93.5 cm³/mol. The Morgan fingerprint density at radius 1 is 1.24 bits per heavy atom. The van der Waals surface area contributed by atoms with Crippen LogP contribution in [-0.2, 0) is 11.2 Å². The molecule has 0 spiro atoms. The molecule has 0 atom stereocenters. The van der Waals surface area contributed by atoms with E-state index in [-0.39, 0.29) is 23.8 Å². The summed E-state index contributed by atoms with van der Waals surface area (Å²) in [7, 11) is 0. The Balaban J connectivity index is 1.90. The summed E-state index contributed by atoms with van der Waals surface area (Å²) in [5, 5.41) is 14.5. The lowest BCUT2D eigenvalue weighted by Gasteiger charge is -2.01. The lowest BCUT2D eigenvalue weighted by molar-refractivity contribution is -0.384. The quantitative estimate of drug-likeness (QED) is 0.496. The highest BCUT2D eigenvalue weighted by Gasteiger charge is 2.06. The number of amides is 1. The SMILES string of the molecule is CC(C=Cc1ccccc1F)=NNC(=O)Cc1ccc([N+](=O)[O-])cc1. The van der Waals surface area contributed by atoms with E-state index < -0.39 is 4.92 Å². The summed E-state index contributed by atoms with van der Waals surface area (Å²) in [6.45, 7) is 1.67. The fraction of sp³-hybridized carbons (Fsp3) is 0.111. The minimum atomic E-state index is -0.501. The van der Waals surface area contributed by atoms with E-state index in [1.165, 1.54) is 30.3 Å². The Morgan fingerprint density at radius 3 is 2.56 bits per heavy atom. The molecule has 0 heterocycles.